The number of hydrogen-bond donors (Lipinski definition) is 0. The van der Waals surface area contributed by atoms with E-state index in [9.17, 15) is 4.39 Å². The van der Waals surface area contributed by atoms with Gasteiger partial charge in [-0.25, -0.2) is 9.37 Å². The van der Waals surface area contributed by atoms with Crippen LogP contribution in [0, 0.1) is 5.82 Å². The van der Waals surface area contributed by atoms with Gasteiger partial charge in [-0.2, -0.15) is 5.10 Å². The Kier molecular flexibility index (Phi) is 4.65. The first-order valence-corrected chi connectivity index (χ1v) is 9.47. The van der Waals surface area contributed by atoms with Crippen molar-refractivity contribution in [2.45, 2.75) is 23.4 Å². The number of benzene rings is 1. The van der Waals surface area contributed by atoms with Gasteiger partial charge in [0.05, 0.1) is 27.3 Å². The molecule has 0 aliphatic rings. The Bertz CT molecular complexity index is 1090. The molecule has 132 valence electrons. The second-order valence-electron chi connectivity index (χ2n) is 5.54. The summed E-state index contributed by atoms with van der Waals surface area (Å²) >= 11 is 14.1. The van der Waals surface area contributed by atoms with Crippen molar-refractivity contribution in [2.24, 2.45) is 0 Å². The van der Waals surface area contributed by atoms with Crippen molar-refractivity contribution in [3.05, 3.63) is 64.9 Å². The molecular weight excluding hydrogens is 394 g/mol. The number of hydrogen-bond acceptors (Lipinski definition) is 3. The number of aryl methyl sites for hydroxylation is 1. The summed E-state index contributed by atoms with van der Waals surface area (Å²) in [5.41, 5.74) is 1.01. The lowest BCUT2D eigenvalue weighted by Crippen LogP contribution is -1.96. The van der Waals surface area contributed by atoms with Crippen LogP contribution >= 0.6 is 35.0 Å². The Balaban J connectivity index is 1.98. The minimum absolute atomic E-state index is 0.0465. The second kappa shape index (κ2) is 6.95. The van der Waals surface area contributed by atoms with Gasteiger partial charge < -0.3 is 0 Å². The maximum Gasteiger partial charge on any atom is 0.166 e. The summed E-state index contributed by atoms with van der Waals surface area (Å²) in [5.74, 6) is -0.511. The van der Waals surface area contributed by atoms with Gasteiger partial charge in [-0.1, -0.05) is 41.0 Å². The monoisotopic (exact) mass is 406 g/mol. The SMILES string of the molecule is CCn1cc(-n2c(Cl)c(Sc3ccccn3)c3ccc(Cl)c(F)c32)cn1. The molecule has 8 heteroatoms. The molecule has 3 aromatic heterocycles. The molecule has 4 nitrogen and oxygen atoms in total. The van der Waals surface area contributed by atoms with E-state index in [1.165, 1.54) is 17.8 Å². The zero-order valence-corrected chi connectivity index (χ0v) is 16.0. The van der Waals surface area contributed by atoms with Gasteiger partial charge in [0.1, 0.15) is 10.2 Å². The van der Waals surface area contributed by atoms with Crippen molar-refractivity contribution in [1.29, 1.82) is 0 Å². The Labute approximate surface area is 163 Å². The molecule has 0 saturated heterocycles. The van der Waals surface area contributed by atoms with Crippen LogP contribution in [-0.4, -0.2) is 19.3 Å². The van der Waals surface area contributed by atoms with E-state index in [0.29, 0.717) is 28.3 Å². The average molecular weight is 407 g/mol. The highest BCUT2D eigenvalue weighted by Crippen LogP contribution is 2.43. The number of nitrogens with zero attached hydrogens (tertiary/aromatic N) is 4. The molecule has 0 aliphatic carbocycles. The van der Waals surface area contributed by atoms with E-state index in [-0.39, 0.29) is 5.02 Å². The van der Waals surface area contributed by atoms with Gasteiger partial charge in [-0.15, -0.1) is 0 Å². The largest absolute Gasteiger partial charge is 0.293 e. The first kappa shape index (κ1) is 17.4. The van der Waals surface area contributed by atoms with Crippen molar-refractivity contribution in [3.63, 3.8) is 0 Å². The molecule has 3 heterocycles. The van der Waals surface area contributed by atoms with Crippen LogP contribution in [0.1, 0.15) is 6.92 Å². The summed E-state index contributed by atoms with van der Waals surface area (Å²) < 4.78 is 18.3. The molecule has 1 aromatic carbocycles. The first-order chi connectivity index (χ1) is 12.6. The van der Waals surface area contributed by atoms with E-state index in [4.69, 9.17) is 23.2 Å². The smallest absolute Gasteiger partial charge is 0.166 e. The minimum atomic E-state index is -0.511. The number of rotatable bonds is 4. The zero-order valence-electron chi connectivity index (χ0n) is 13.7. The fraction of sp³-hybridized carbons (Fsp3) is 0.111. The maximum atomic E-state index is 14.9. The van der Waals surface area contributed by atoms with Crippen molar-refractivity contribution < 1.29 is 4.39 Å². The van der Waals surface area contributed by atoms with Crippen molar-refractivity contribution in [2.75, 3.05) is 0 Å². The van der Waals surface area contributed by atoms with Crippen LogP contribution in [0.25, 0.3) is 16.6 Å². The Morgan fingerprint density at radius 2 is 2.04 bits per heavy atom. The number of halogens is 3. The van der Waals surface area contributed by atoms with Crippen LogP contribution in [0.2, 0.25) is 10.2 Å². The quantitative estimate of drug-likeness (QED) is 0.427. The highest BCUT2D eigenvalue weighted by atomic mass is 35.5. The molecule has 0 fully saturated rings. The standard InChI is InChI=1S/C18H13Cl2FN4S/c1-2-24-10-11(9-23-24)25-16-12(6-7-13(19)15(16)21)17(18(25)20)26-14-5-3-4-8-22-14/h3-10H,2H2,1H3. The van der Waals surface area contributed by atoms with E-state index >= 15 is 0 Å². The Hall–Kier alpha value is -2.02. The normalized spacial score (nSPS) is 11.4. The van der Waals surface area contributed by atoms with Gasteiger partial charge >= 0.3 is 0 Å². The minimum Gasteiger partial charge on any atom is -0.293 e. The van der Waals surface area contributed by atoms with Crippen LogP contribution in [0.4, 0.5) is 4.39 Å². The molecule has 0 unspecified atom stereocenters. The molecule has 4 aromatic rings. The predicted octanol–water partition coefficient (Wildman–Crippen LogP) is 5.84. The van der Waals surface area contributed by atoms with Crippen LogP contribution in [0.5, 0.6) is 0 Å². The summed E-state index contributed by atoms with van der Waals surface area (Å²) in [7, 11) is 0. The van der Waals surface area contributed by atoms with Gasteiger partial charge in [0.25, 0.3) is 0 Å². The first-order valence-electron chi connectivity index (χ1n) is 7.89. The van der Waals surface area contributed by atoms with Crippen molar-refractivity contribution in [1.82, 2.24) is 19.3 Å². The molecule has 0 atom stereocenters. The van der Waals surface area contributed by atoms with Gasteiger partial charge in [0.15, 0.2) is 5.82 Å². The zero-order chi connectivity index (χ0) is 18.3. The Morgan fingerprint density at radius 1 is 1.19 bits per heavy atom. The number of aromatic nitrogens is 4. The van der Waals surface area contributed by atoms with Crippen molar-refractivity contribution >= 4 is 45.9 Å². The van der Waals surface area contributed by atoms with Crippen LogP contribution < -0.4 is 0 Å². The molecule has 4 rings (SSSR count). The van der Waals surface area contributed by atoms with Gasteiger partial charge in [0, 0.05) is 24.3 Å². The van der Waals surface area contributed by atoms with Crippen LogP contribution in [0.3, 0.4) is 0 Å². The fourth-order valence-corrected chi connectivity index (χ4v) is 4.22. The molecular formula is C18H13Cl2FN4S. The highest BCUT2D eigenvalue weighted by Gasteiger charge is 2.23. The lowest BCUT2D eigenvalue weighted by molar-refractivity contribution is 0.635. The number of fused-ring (bicyclic) bond motifs is 1. The molecule has 0 radical (unpaired) electrons. The maximum absolute atomic E-state index is 14.9. The van der Waals surface area contributed by atoms with E-state index in [0.717, 1.165) is 9.92 Å². The second-order valence-corrected chi connectivity index (χ2v) is 7.33. The molecule has 0 spiro atoms. The molecule has 0 N–H and O–H groups in total. The summed E-state index contributed by atoms with van der Waals surface area (Å²) in [6, 6.07) is 8.93. The molecule has 0 aliphatic heterocycles. The van der Waals surface area contributed by atoms with Crippen molar-refractivity contribution in [3.8, 4) is 5.69 Å². The molecule has 26 heavy (non-hydrogen) atoms. The summed E-state index contributed by atoms with van der Waals surface area (Å²) in [5, 5.41) is 6.16. The van der Waals surface area contributed by atoms with E-state index in [1.54, 1.807) is 27.7 Å². The number of pyridine rings is 1. The van der Waals surface area contributed by atoms with Crippen LogP contribution in [0.15, 0.2) is 58.8 Å². The highest BCUT2D eigenvalue weighted by molar-refractivity contribution is 7.99. The van der Waals surface area contributed by atoms with Gasteiger partial charge in [0.2, 0.25) is 0 Å². The molecule has 0 saturated carbocycles. The third-order valence-corrected chi connectivity index (χ3v) is 5.80. The van der Waals surface area contributed by atoms with E-state index < -0.39 is 5.82 Å². The van der Waals surface area contributed by atoms with Crippen LogP contribution in [-0.2, 0) is 6.54 Å². The summed E-state index contributed by atoms with van der Waals surface area (Å²) in [6.07, 6.45) is 5.18. The molecule has 0 amide bonds. The summed E-state index contributed by atoms with van der Waals surface area (Å²) in [6.45, 7) is 2.68. The summed E-state index contributed by atoms with van der Waals surface area (Å²) in [4.78, 5) is 5.04. The fourth-order valence-electron chi connectivity index (χ4n) is 2.75. The topological polar surface area (TPSA) is 35.6 Å². The lowest BCUT2D eigenvalue weighted by atomic mass is 10.2. The van der Waals surface area contributed by atoms with E-state index in [2.05, 4.69) is 10.1 Å². The molecule has 0 bridgehead atoms. The lowest BCUT2D eigenvalue weighted by Gasteiger charge is -2.05. The third-order valence-electron chi connectivity index (χ3n) is 3.97. The third kappa shape index (κ3) is 2.88. The predicted molar refractivity (Wildman–Crippen MR) is 103 cm³/mol. The van der Waals surface area contributed by atoms with Gasteiger partial charge in [-0.3, -0.25) is 9.25 Å². The van der Waals surface area contributed by atoms with Gasteiger partial charge in [-0.05, 0) is 31.2 Å². The Morgan fingerprint density at radius 3 is 2.73 bits per heavy atom. The average Bonchev–Trinajstić information content (AvgIpc) is 3.23. The van der Waals surface area contributed by atoms with E-state index in [1.807, 2.05) is 31.3 Å².